The standard InChI is InChI=1S/C32H33N3/c1-24-9-8-10-26(16-13-24)27-17-19-28(20-18-27)31(34-30-11-6-5-7-12-30)35-33-23-25-14-21-29(22-15-25)32(2,3)4/h5-24H,1-4H3,(H,34,35)/b33-23+. The lowest BCUT2D eigenvalue weighted by Crippen LogP contribution is -2.19. The molecule has 3 nitrogen and oxygen atoms in total. The van der Waals surface area contributed by atoms with E-state index in [1.54, 1.807) is 0 Å². The largest absolute Gasteiger partial charge is 0.261 e. The van der Waals surface area contributed by atoms with Crippen molar-refractivity contribution in [2.24, 2.45) is 16.0 Å². The molecular formula is C32H33N3. The zero-order valence-electron chi connectivity index (χ0n) is 20.9. The highest BCUT2D eigenvalue weighted by Gasteiger charge is 2.12. The number of hydrogen-bond acceptors (Lipinski definition) is 2. The van der Waals surface area contributed by atoms with Gasteiger partial charge in [0.1, 0.15) is 0 Å². The Balaban J connectivity index is 1.56. The van der Waals surface area contributed by atoms with E-state index in [1.807, 2.05) is 36.5 Å². The normalized spacial score (nSPS) is 16.3. The molecule has 1 aliphatic rings. The van der Waals surface area contributed by atoms with E-state index < -0.39 is 0 Å². The van der Waals surface area contributed by atoms with Crippen molar-refractivity contribution in [3.63, 3.8) is 0 Å². The van der Waals surface area contributed by atoms with Crippen LogP contribution < -0.4 is 5.43 Å². The van der Waals surface area contributed by atoms with Gasteiger partial charge in [-0.15, -0.1) is 0 Å². The van der Waals surface area contributed by atoms with Crippen molar-refractivity contribution in [3.05, 3.63) is 131 Å². The maximum absolute atomic E-state index is 4.83. The highest BCUT2D eigenvalue weighted by atomic mass is 15.3. The van der Waals surface area contributed by atoms with Gasteiger partial charge in [0.25, 0.3) is 0 Å². The number of benzene rings is 3. The summed E-state index contributed by atoms with van der Waals surface area (Å²) in [4.78, 5) is 4.83. The van der Waals surface area contributed by atoms with Crippen LogP contribution in [0.4, 0.5) is 5.69 Å². The van der Waals surface area contributed by atoms with Gasteiger partial charge in [0, 0.05) is 5.56 Å². The lowest BCUT2D eigenvalue weighted by molar-refractivity contribution is 0.590. The van der Waals surface area contributed by atoms with Crippen LogP contribution in [0.2, 0.25) is 0 Å². The van der Waals surface area contributed by atoms with E-state index in [2.05, 4.69) is 117 Å². The number of nitrogens with one attached hydrogen (secondary N) is 1. The van der Waals surface area contributed by atoms with Crippen LogP contribution in [-0.2, 0) is 5.41 Å². The molecule has 1 N–H and O–H groups in total. The summed E-state index contributed by atoms with van der Waals surface area (Å²) in [7, 11) is 0. The molecule has 0 bridgehead atoms. The number of rotatable bonds is 5. The summed E-state index contributed by atoms with van der Waals surface area (Å²) in [5.41, 5.74) is 9.86. The third kappa shape index (κ3) is 6.77. The highest BCUT2D eigenvalue weighted by molar-refractivity contribution is 6.01. The molecule has 0 radical (unpaired) electrons. The summed E-state index contributed by atoms with van der Waals surface area (Å²) < 4.78 is 0. The summed E-state index contributed by atoms with van der Waals surface area (Å²) in [6, 6.07) is 26.9. The molecule has 4 rings (SSSR count). The van der Waals surface area contributed by atoms with Gasteiger partial charge in [0.2, 0.25) is 0 Å². The highest BCUT2D eigenvalue weighted by Crippen LogP contribution is 2.23. The molecular weight excluding hydrogens is 426 g/mol. The first-order chi connectivity index (χ1) is 16.9. The molecule has 0 fully saturated rings. The van der Waals surface area contributed by atoms with Crippen LogP contribution in [-0.4, -0.2) is 12.1 Å². The number of hydrazone groups is 1. The van der Waals surface area contributed by atoms with E-state index >= 15 is 0 Å². The zero-order chi connectivity index (χ0) is 24.7. The van der Waals surface area contributed by atoms with Gasteiger partial charge in [-0.3, -0.25) is 5.43 Å². The predicted octanol–water partition coefficient (Wildman–Crippen LogP) is 7.83. The maximum atomic E-state index is 4.83. The van der Waals surface area contributed by atoms with Crippen molar-refractivity contribution >= 4 is 23.3 Å². The molecule has 0 aliphatic heterocycles. The van der Waals surface area contributed by atoms with E-state index in [0.29, 0.717) is 11.8 Å². The van der Waals surface area contributed by atoms with Crippen LogP contribution in [0, 0.1) is 5.92 Å². The lowest BCUT2D eigenvalue weighted by Gasteiger charge is -2.18. The van der Waals surface area contributed by atoms with E-state index in [9.17, 15) is 0 Å². The Morgan fingerprint density at radius 1 is 0.857 bits per heavy atom. The molecule has 3 aromatic carbocycles. The SMILES string of the molecule is CC1C=CC=C(c2ccc(C(=Nc3ccccc3)N/N=C/c3ccc(C(C)(C)C)cc3)cc2)C=C1. The van der Waals surface area contributed by atoms with Gasteiger partial charge >= 0.3 is 0 Å². The second-order valence-electron chi connectivity index (χ2n) is 9.84. The van der Waals surface area contributed by atoms with Crippen molar-refractivity contribution in [2.45, 2.75) is 33.1 Å². The van der Waals surface area contributed by atoms with Crippen LogP contribution in [0.15, 0.2) is 119 Å². The number of allylic oxidation sites excluding steroid dienone is 6. The monoisotopic (exact) mass is 459 g/mol. The Morgan fingerprint density at radius 2 is 1.57 bits per heavy atom. The van der Waals surface area contributed by atoms with Gasteiger partial charge in [-0.1, -0.05) is 125 Å². The summed E-state index contributed by atoms with van der Waals surface area (Å²) in [5.74, 6) is 1.14. The number of nitrogens with zero attached hydrogens (tertiary/aromatic N) is 2. The fourth-order valence-corrected chi connectivity index (χ4v) is 3.75. The Kier molecular flexibility index (Phi) is 7.57. The number of amidine groups is 1. The molecule has 1 aliphatic carbocycles. The van der Waals surface area contributed by atoms with E-state index in [0.717, 1.165) is 16.8 Å². The van der Waals surface area contributed by atoms with Crippen LogP contribution in [0.5, 0.6) is 0 Å². The fraction of sp³-hybridized carbons (Fsp3) is 0.188. The van der Waals surface area contributed by atoms with Gasteiger partial charge in [0.15, 0.2) is 5.84 Å². The molecule has 3 aromatic rings. The van der Waals surface area contributed by atoms with Crippen LogP contribution in [0.25, 0.3) is 5.57 Å². The third-order valence-electron chi connectivity index (χ3n) is 5.92. The molecule has 0 saturated carbocycles. The fourth-order valence-electron chi connectivity index (χ4n) is 3.75. The topological polar surface area (TPSA) is 36.8 Å². The average Bonchev–Trinajstić information content (AvgIpc) is 3.08. The summed E-state index contributed by atoms with van der Waals surface area (Å²) in [6.45, 7) is 8.84. The molecule has 0 aromatic heterocycles. The van der Waals surface area contributed by atoms with Gasteiger partial charge in [-0.05, 0) is 45.7 Å². The minimum absolute atomic E-state index is 0.132. The number of aliphatic imine (C=N–C) groups is 1. The number of hydrogen-bond donors (Lipinski definition) is 1. The lowest BCUT2D eigenvalue weighted by atomic mass is 9.87. The first kappa shape index (κ1) is 24.2. The Bertz CT molecular complexity index is 1270. The van der Waals surface area contributed by atoms with Gasteiger partial charge < -0.3 is 0 Å². The smallest absolute Gasteiger partial charge is 0.154 e. The Hall–Kier alpha value is -3.98. The van der Waals surface area contributed by atoms with Crippen LogP contribution in [0.1, 0.15) is 49.9 Å². The average molecular weight is 460 g/mol. The quantitative estimate of drug-likeness (QED) is 0.236. The van der Waals surface area contributed by atoms with Crippen LogP contribution in [0.3, 0.4) is 0 Å². The maximum Gasteiger partial charge on any atom is 0.154 e. The predicted molar refractivity (Wildman–Crippen MR) is 150 cm³/mol. The minimum Gasteiger partial charge on any atom is -0.261 e. The zero-order valence-corrected chi connectivity index (χ0v) is 20.9. The third-order valence-corrected chi connectivity index (χ3v) is 5.92. The molecule has 35 heavy (non-hydrogen) atoms. The summed E-state index contributed by atoms with van der Waals surface area (Å²) in [6.07, 6.45) is 12.7. The molecule has 0 saturated heterocycles. The summed E-state index contributed by atoms with van der Waals surface area (Å²) >= 11 is 0. The molecule has 176 valence electrons. The minimum atomic E-state index is 0.132. The van der Waals surface area contributed by atoms with Gasteiger partial charge in [0.05, 0.1) is 11.9 Å². The van der Waals surface area contributed by atoms with Gasteiger partial charge in [-0.2, -0.15) is 5.10 Å². The van der Waals surface area contributed by atoms with Crippen LogP contribution >= 0.6 is 0 Å². The molecule has 3 heteroatoms. The molecule has 1 atom stereocenters. The van der Waals surface area contributed by atoms with E-state index in [-0.39, 0.29) is 5.41 Å². The molecule has 0 amide bonds. The van der Waals surface area contributed by atoms with Crippen molar-refractivity contribution in [1.82, 2.24) is 5.43 Å². The Morgan fingerprint density at radius 3 is 2.26 bits per heavy atom. The molecule has 0 spiro atoms. The first-order valence-electron chi connectivity index (χ1n) is 12.1. The number of para-hydroxylation sites is 1. The van der Waals surface area contributed by atoms with E-state index in [1.165, 1.54) is 16.7 Å². The second-order valence-corrected chi connectivity index (χ2v) is 9.84. The summed E-state index contributed by atoms with van der Waals surface area (Å²) in [5, 5.41) is 4.50. The van der Waals surface area contributed by atoms with Crippen molar-refractivity contribution < 1.29 is 0 Å². The molecule has 1 unspecified atom stereocenters. The van der Waals surface area contributed by atoms with E-state index in [4.69, 9.17) is 4.99 Å². The Labute approximate surface area is 209 Å². The van der Waals surface area contributed by atoms with Gasteiger partial charge in [-0.25, -0.2) is 4.99 Å². The second kappa shape index (κ2) is 11.0. The van der Waals surface area contributed by atoms with Crippen molar-refractivity contribution in [3.8, 4) is 0 Å². The molecule has 0 heterocycles. The van der Waals surface area contributed by atoms with Crippen molar-refractivity contribution in [1.29, 1.82) is 0 Å². The van der Waals surface area contributed by atoms with Crippen molar-refractivity contribution in [2.75, 3.05) is 0 Å². The first-order valence-corrected chi connectivity index (χ1v) is 12.1.